The third-order valence-corrected chi connectivity index (χ3v) is 12.0. The van der Waals surface area contributed by atoms with Gasteiger partial charge in [0.1, 0.15) is 6.79 Å². The minimum absolute atomic E-state index is 0. The first-order valence-electron chi connectivity index (χ1n) is 30.3. The second-order valence-corrected chi connectivity index (χ2v) is 21.4. The molecule has 0 spiro atoms. The Kier molecular flexibility index (Phi) is 64.3. The van der Waals surface area contributed by atoms with Crippen molar-refractivity contribution in [2.45, 2.75) is 196 Å². The molecule has 2 heterocycles. The molecule has 10 atom stereocenters. The molecule has 10 unspecified atom stereocenters. The average molecular weight is 1850 g/mol. The summed E-state index contributed by atoms with van der Waals surface area (Å²) < 4.78 is 46.0. The Morgan fingerprint density at radius 2 is 0.704 bits per heavy atom. The Morgan fingerprint density at radius 1 is 0.463 bits per heavy atom. The van der Waals surface area contributed by atoms with Crippen LogP contribution in [0.2, 0.25) is 0 Å². The third-order valence-electron chi connectivity index (χ3n) is 11.8. The van der Waals surface area contributed by atoms with E-state index in [4.69, 9.17) is 80.6 Å². The van der Waals surface area contributed by atoms with Gasteiger partial charge in [0.05, 0.1) is 25.7 Å². The molecule has 1 radical (unpaired) electrons. The molecule has 2 aliphatic heterocycles. The predicted molar refractivity (Wildman–Crippen MR) is 332 cm³/mol. The summed E-state index contributed by atoms with van der Waals surface area (Å²) in [6, 6.07) is 0. The van der Waals surface area contributed by atoms with Crippen LogP contribution in [-0.2, 0) is 216 Å². The second-order valence-electron chi connectivity index (χ2n) is 21.0. The van der Waals surface area contributed by atoms with E-state index in [-0.39, 0.29) is 62.5 Å². The van der Waals surface area contributed by atoms with Crippen molar-refractivity contribution in [3.05, 3.63) is 38.0 Å². The standard InChI is InChI=1S/C30H44O20.C13H16O10.C7H12O8.C6H8O4.C3H3ClO.CH4O2.U.V/c1-9-30(10-2)13-23(33)49-45-19(5)27(37)41-15-39-25(35)17(3)43-47-21(31)11-29(7,8)12-22(32)48-44-18(4)26(36)40-16-42-28(38)20(6)46-50-24(34)14-30;1-5-10(14)22-20-8(3)12(16)18-7-19-13(17)9(4)21-23-11(15)6-2;1-4(14-10)6(8)12-3-13-7(9)5(2)15-11;1-3-5(7)10-4(2)6(8)9-3;1-2-3(4)5;2-1-3;;/h17-20H,9-16H2,1-8H3;5-6,8-9H,1-2,7H2,3-4H3;4-5,10-11H,3H2,1-2H3;3-4H,1-2H3;2H,1H2;2-3H,1H2;;. The van der Waals surface area contributed by atoms with E-state index in [1.165, 1.54) is 83.1 Å². The molecule has 0 aromatic rings. The van der Waals surface area contributed by atoms with Gasteiger partial charge in [0.15, 0.2) is 61.0 Å². The molecule has 0 aromatic carbocycles. The molecular weight excluding hydrogens is 1770 g/mol. The topological polar surface area (TPSA) is 593 Å². The molecule has 108 heavy (non-hydrogen) atoms. The van der Waals surface area contributed by atoms with Gasteiger partial charge in [-0.25, -0.2) is 86.5 Å². The van der Waals surface area contributed by atoms with Crippen LogP contribution in [0.4, 0.5) is 0 Å². The van der Waals surface area contributed by atoms with Gasteiger partial charge in [-0.05, 0) is 111 Å². The summed E-state index contributed by atoms with van der Waals surface area (Å²) in [4.78, 5) is 257. The van der Waals surface area contributed by atoms with Gasteiger partial charge in [0.25, 0.3) is 0 Å². The van der Waals surface area contributed by atoms with Crippen LogP contribution in [-0.4, -0.2) is 216 Å². The van der Waals surface area contributed by atoms with Gasteiger partial charge >= 0.3 is 95.5 Å². The fraction of sp³-hybridized carbons (Fsp3) is 0.617. The van der Waals surface area contributed by atoms with Gasteiger partial charge in [0.2, 0.25) is 32.4 Å². The number of carbonyl (C=O) groups is 17. The molecule has 2 aliphatic rings. The smallest absolute Gasteiger partial charge is 0.365 e. The minimum atomic E-state index is -1.46. The quantitative estimate of drug-likeness (QED) is 0.0271. The molecule has 0 bridgehead atoms. The number of carbonyl (C=O) groups excluding carboxylic acids is 17. The Bertz CT molecular complexity index is 2710. The molecule has 0 aromatic heterocycles. The fourth-order valence-electron chi connectivity index (χ4n) is 5.68. The number of allylic oxidation sites excluding steroid dienone is 1. The monoisotopic (exact) mass is 1850 g/mol. The number of ether oxygens (including phenoxy) is 10. The van der Waals surface area contributed by atoms with Crippen molar-refractivity contribution in [1.29, 1.82) is 0 Å². The maximum atomic E-state index is 12.5. The molecule has 48 heteroatoms. The fourth-order valence-corrected chi connectivity index (χ4v) is 5.68. The van der Waals surface area contributed by atoms with Crippen molar-refractivity contribution in [3.63, 3.8) is 0 Å². The number of aliphatic hydroxyl groups is 2. The van der Waals surface area contributed by atoms with Crippen LogP contribution in [0.5, 0.6) is 0 Å². The van der Waals surface area contributed by atoms with Crippen LogP contribution in [0.1, 0.15) is 135 Å². The van der Waals surface area contributed by atoms with E-state index in [1.807, 2.05) is 0 Å². The van der Waals surface area contributed by atoms with Gasteiger partial charge in [0, 0.05) is 61.8 Å². The Morgan fingerprint density at radius 3 is 0.926 bits per heavy atom. The first-order valence-corrected chi connectivity index (χ1v) is 30.7. The van der Waals surface area contributed by atoms with Crippen molar-refractivity contribution < 1.29 is 268 Å². The Balaban J connectivity index is -0.000000365. The molecule has 0 saturated carbocycles. The van der Waals surface area contributed by atoms with Gasteiger partial charge in [-0.1, -0.05) is 47.4 Å². The number of cyclic esters (lactones) is 6. The summed E-state index contributed by atoms with van der Waals surface area (Å²) in [5.41, 5.74) is -2.07. The van der Waals surface area contributed by atoms with Crippen molar-refractivity contribution in [2.75, 3.05) is 34.0 Å². The van der Waals surface area contributed by atoms with E-state index < -0.39 is 219 Å². The summed E-state index contributed by atoms with van der Waals surface area (Å²) >= 11 is 4.71. The summed E-state index contributed by atoms with van der Waals surface area (Å²) in [5, 5.41) is 29.9. The molecule has 613 valence electrons. The normalized spacial score (nSPS) is 20.5. The molecule has 0 aliphatic carbocycles. The molecule has 2 fully saturated rings. The van der Waals surface area contributed by atoms with Crippen molar-refractivity contribution in [1.82, 2.24) is 0 Å². The zero-order chi connectivity index (χ0) is 82.5. The van der Waals surface area contributed by atoms with Crippen LogP contribution in [0.3, 0.4) is 0 Å². The molecule has 45 nitrogen and oxygen atoms in total. The summed E-state index contributed by atoms with van der Waals surface area (Å²) in [6.07, 6.45) is -10.4. The number of halogens is 1. The molecule has 4 N–H and O–H groups in total. The summed E-state index contributed by atoms with van der Waals surface area (Å²) in [5.74, 6) is -14.6. The number of aliphatic hydroxyl groups excluding tert-OH is 1. The van der Waals surface area contributed by atoms with E-state index in [2.05, 4.69) is 87.3 Å². The number of hydrogen-bond donors (Lipinski definition) is 4. The van der Waals surface area contributed by atoms with Gasteiger partial charge in [-0.2, -0.15) is 29.3 Å². The van der Waals surface area contributed by atoms with Crippen molar-refractivity contribution >= 4 is 112 Å². The maximum Gasteiger partial charge on any atom is 0.365 e. The summed E-state index contributed by atoms with van der Waals surface area (Å²) in [7, 11) is 0. The minimum Gasteiger partial charge on any atom is -0.448 e. The van der Waals surface area contributed by atoms with Gasteiger partial charge < -0.3 is 57.6 Å². The maximum absolute atomic E-state index is 12.5. The van der Waals surface area contributed by atoms with Gasteiger partial charge in [-0.15, -0.1) is 0 Å². The largest absolute Gasteiger partial charge is 0.448 e. The predicted octanol–water partition coefficient (Wildman–Crippen LogP) is 1.58. The first kappa shape index (κ1) is 111. The van der Waals surface area contributed by atoms with Crippen LogP contribution in [0, 0.1) is 41.9 Å². The molecule has 2 rings (SSSR count). The molecular formula is C60H87ClO45UV. The van der Waals surface area contributed by atoms with Crippen LogP contribution in [0.25, 0.3) is 0 Å². The van der Waals surface area contributed by atoms with Crippen molar-refractivity contribution in [2.24, 2.45) is 10.8 Å². The SMILES string of the molecule is C=CC(=O)Cl.C=CC(=O)OOC(C)C(=O)OCOC(=O)C(C)OOC(=O)C=C.CC(OO)C(=O)OCOC(=O)C(C)OO.CC1OC(=O)C(C)OC1=O.CCC1(CC)CC(=O)OOC(C)C(=O)OCOC(=O)C(C)OOC(=O)CC(C)(C)CC(=O)OOC(C)C(=O)OCOC(=O)C(C)OOC(=O)C1.OCO.[U].[V]. The first-order chi connectivity index (χ1) is 49.5. The van der Waals surface area contributed by atoms with E-state index >= 15 is 0 Å². The summed E-state index contributed by atoms with van der Waals surface area (Å²) in [6.45, 7) is 24.4. The third kappa shape index (κ3) is 54.4. The Labute approximate surface area is 655 Å². The van der Waals surface area contributed by atoms with Crippen LogP contribution < -0.4 is 0 Å². The number of esters is 10. The van der Waals surface area contributed by atoms with E-state index in [0.29, 0.717) is 12.8 Å². The zero-order valence-corrected chi connectivity index (χ0v) is 67.1. The average Bonchev–Trinajstić information content (AvgIpc) is 0.851. The van der Waals surface area contributed by atoms with Gasteiger partial charge in [-0.3, -0.25) is 44.6 Å². The molecule has 0 amide bonds. The number of rotatable bonds is 19. The van der Waals surface area contributed by atoms with E-state index in [1.54, 1.807) is 13.8 Å². The van der Waals surface area contributed by atoms with Crippen LogP contribution >= 0.6 is 11.6 Å². The Hall–Kier alpha value is -8.14. The zero-order valence-electron chi connectivity index (χ0n) is 60.8. The molecule has 2 saturated heterocycles. The number of hydrogen-bond acceptors (Lipinski definition) is 45. The second kappa shape index (κ2) is 62.7. The van der Waals surface area contributed by atoms with Crippen molar-refractivity contribution in [3.8, 4) is 0 Å². The van der Waals surface area contributed by atoms with Crippen LogP contribution in [0.15, 0.2) is 38.0 Å². The van der Waals surface area contributed by atoms with E-state index in [9.17, 15) is 81.5 Å². The van der Waals surface area contributed by atoms with E-state index in [0.717, 1.165) is 18.2 Å².